The number of nitrogens with zero attached hydrogens (tertiary/aromatic N) is 3. The second-order valence-electron chi connectivity index (χ2n) is 6.40. The van der Waals surface area contributed by atoms with Crippen LogP contribution < -0.4 is 10.3 Å². The number of anilines is 1. The number of benzene rings is 1. The average Bonchev–Trinajstić information content (AvgIpc) is 3.08. The number of carbonyl (C=O) groups excluding carboxylic acids is 1. The Morgan fingerprint density at radius 2 is 2.04 bits per heavy atom. The highest BCUT2D eigenvalue weighted by molar-refractivity contribution is 5.90. The first kappa shape index (κ1) is 19.2. The summed E-state index contributed by atoms with van der Waals surface area (Å²) in [6.07, 6.45) is 1.42. The number of hydrogen-bond donors (Lipinski definition) is 1. The maximum absolute atomic E-state index is 12.0. The number of nitro groups is 1. The zero-order valence-electron chi connectivity index (χ0n) is 15.1. The first-order chi connectivity index (χ1) is 13.0. The molecule has 10 heteroatoms. The lowest BCUT2D eigenvalue weighted by Crippen LogP contribution is -2.36. The SMILES string of the molecule is CC1(CC(=O)NN=Cc2cc([N+](=O)[O-])ccc2N2CCOCC2)OCCO1. The van der Waals surface area contributed by atoms with E-state index < -0.39 is 10.7 Å². The summed E-state index contributed by atoms with van der Waals surface area (Å²) in [4.78, 5) is 24.7. The van der Waals surface area contributed by atoms with Crippen molar-refractivity contribution in [1.29, 1.82) is 0 Å². The smallest absolute Gasteiger partial charge is 0.270 e. The summed E-state index contributed by atoms with van der Waals surface area (Å²) in [5.74, 6) is -1.31. The Morgan fingerprint density at radius 1 is 1.33 bits per heavy atom. The molecule has 0 aliphatic carbocycles. The third kappa shape index (κ3) is 5.00. The molecule has 2 aliphatic heterocycles. The summed E-state index contributed by atoms with van der Waals surface area (Å²) in [5.41, 5.74) is 3.73. The third-order valence-electron chi connectivity index (χ3n) is 4.35. The molecule has 2 fully saturated rings. The van der Waals surface area contributed by atoms with E-state index in [9.17, 15) is 14.9 Å². The Bertz CT molecular complexity index is 726. The van der Waals surface area contributed by atoms with Gasteiger partial charge < -0.3 is 19.1 Å². The summed E-state index contributed by atoms with van der Waals surface area (Å²) < 4.78 is 16.1. The number of rotatable bonds is 6. The number of nitro benzene ring substituents is 1. The molecule has 1 aromatic carbocycles. The number of nitrogens with one attached hydrogen (secondary N) is 1. The fourth-order valence-corrected chi connectivity index (χ4v) is 3.01. The molecule has 0 aromatic heterocycles. The van der Waals surface area contributed by atoms with E-state index in [4.69, 9.17) is 14.2 Å². The van der Waals surface area contributed by atoms with Crippen molar-refractivity contribution in [2.75, 3.05) is 44.4 Å². The van der Waals surface area contributed by atoms with Gasteiger partial charge in [0.2, 0.25) is 5.91 Å². The van der Waals surface area contributed by atoms with Crippen molar-refractivity contribution in [3.8, 4) is 0 Å². The number of hydrogen-bond acceptors (Lipinski definition) is 8. The Hall–Kier alpha value is -2.56. The molecule has 2 aliphatic rings. The zero-order chi connectivity index (χ0) is 19.3. The molecule has 0 radical (unpaired) electrons. The van der Waals surface area contributed by atoms with Gasteiger partial charge in [0.15, 0.2) is 5.79 Å². The highest BCUT2D eigenvalue weighted by Gasteiger charge is 2.33. The van der Waals surface area contributed by atoms with Crippen LogP contribution >= 0.6 is 0 Å². The van der Waals surface area contributed by atoms with Crippen molar-refractivity contribution in [3.05, 3.63) is 33.9 Å². The van der Waals surface area contributed by atoms with Crippen LogP contribution in [0, 0.1) is 10.1 Å². The minimum absolute atomic E-state index is 0.00952. The highest BCUT2D eigenvalue weighted by atomic mass is 16.7. The van der Waals surface area contributed by atoms with Gasteiger partial charge in [-0.25, -0.2) is 5.43 Å². The maximum atomic E-state index is 12.0. The van der Waals surface area contributed by atoms with Crippen molar-refractivity contribution >= 4 is 23.5 Å². The van der Waals surface area contributed by atoms with Gasteiger partial charge in [-0.2, -0.15) is 5.10 Å². The van der Waals surface area contributed by atoms with Crippen molar-refractivity contribution in [1.82, 2.24) is 5.43 Å². The van der Waals surface area contributed by atoms with Crippen LogP contribution in [0.5, 0.6) is 0 Å². The molecule has 10 nitrogen and oxygen atoms in total. The molecule has 0 bridgehead atoms. The van der Waals surface area contributed by atoms with Gasteiger partial charge in [0, 0.05) is 36.5 Å². The van der Waals surface area contributed by atoms with E-state index >= 15 is 0 Å². The minimum Gasteiger partial charge on any atom is -0.378 e. The molecule has 2 saturated heterocycles. The zero-order valence-corrected chi connectivity index (χ0v) is 15.1. The molecule has 2 heterocycles. The second-order valence-corrected chi connectivity index (χ2v) is 6.40. The predicted octanol–water partition coefficient (Wildman–Crippen LogP) is 1.03. The van der Waals surface area contributed by atoms with Gasteiger partial charge >= 0.3 is 0 Å². The monoisotopic (exact) mass is 378 g/mol. The summed E-state index contributed by atoms with van der Waals surface area (Å²) in [6, 6.07) is 4.58. The Labute approximate surface area is 156 Å². The minimum atomic E-state index is -0.940. The van der Waals surface area contributed by atoms with Gasteiger partial charge in [-0.05, 0) is 13.0 Å². The van der Waals surface area contributed by atoms with E-state index in [1.807, 2.05) is 0 Å². The molecule has 0 unspecified atom stereocenters. The predicted molar refractivity (Wildman–Crippen MR) is 96.8 cm³/mol. The standard InChI is InChI=1S/C17H22N4O6/c1-17(26-8-9-27-17)11-16(22)19-18-12-13-10-14(21(23)24)2-3-15(13)20-4-6-25-7-5-20/h2-3,10,12H,4-9,11H2,1H3,(H,19,22). The molecule has 27 heavy (non-hydrogen) atoms. The topological polar surface area (TPSA) is 116 Å². The molecular weight excluding hydrogens is 356 g/mol. The molecule has 3 rings (SSSR count). The Kier molecular flexibility index (Phi) is 5.99. The van der Waals surface area contributed by atoms with Crippen LogP contribution in [0.4, 0.5) is 11.4 Å². The van der Waals surface area contributed by atoms with Crippen LogP contribution in [0.15, 0.2) is 23.3 Å². The van der Waals surface area contributed by atoms with Crippen LogP contribution in [0.25, 0.3) is 0 Å². The summed E-state index contributed by atoms with van der Waals surface area (Å²) in [6.45, 7) is 5.12. The number of hydrazone groups is 1. The summed E-state index contributed by atoms with van der Waals surface area (Å²) in [7, 11) is 0. The van der Waals surface area contributed by atoms with Crippen LogP contribution in [0.3, 0.4) is 0 Å². The van der Waals surface area contributed by atoms with Crippen LogP contribution in [0.2, 0.25) is 0 Å². The van der Waals surface area contributed by atoms with E-state index in [1.54, 1.807) is 13.0 Å². The van der Waals surface area contributed by atoms with E-state index in [1.165, 1.54) is 18.3 Å². The van der Waals surface area contributed by atoms with Gasteiger partial charge in [0.05, 0.1) is 44.0 Å². The molecular formula is C17H22N4O6. The van der Waals surface area contributed by atoms with E-state index in [-0.39, 0.29) is 18.0 Å². The van der Waals surface area contributed by atoms with Gasteiger partial charge in [-0.3, -0.25) is 14.9 Å². The Balaban J connectivity index is 1.71. The molecule has 1 aromatic rings. The average molecular weight is 378 g/mol. The molecule has 1 N–H and O–H groups in total. The first-order valence-corrected chi connectivity index (χ1v) is 8.68. The second kappa shape index (κ2) is 8.42. The number of ether oxygens (including phenoxy) is 3. The van der Waals surface area contributed by atoms with Crippen molar-refractivity contribution in [2.45, 2.75) is 19.1 Å². The van der Waals surface area contributed by atoms with E-state index in [2.05, 4.69) is 15.4 Å². The lowest BCUT2D eigenvalue weighted by atomic mass is 10.1. The number of non-ortho nitro benzene ring substituents is 1. The van der Waals surface area contributed by atoms with Gasteiger partial charge in [-0.15, -0.1) is 0 Å². The van der Waals surface area contributed by atoms with Crippen molar-refractivity contribution in [3.63, 3.8) is 0 Å². The Morgan fingerprint density at radius 3 is 2.70 bits per heavy atom. The molecule has 146 valence electrons. The molecule has 0 atom stereocenters. The van der Waals surface area contributed by atoms with Crippen molar-refractivity contribution in [2.24, 2.45) is 5.10 Å². The summed E-state index contributed by atoms with van der Waals surface area (Å²) in [5, 5.41) is 15.0. The normalized spacial score (nSPS) is 19.4. The molecule has 0 spiro atoms. The highest BCUT2D eigenvalue weighted by Crippen LogP contribution is 2.25. The van der Waals surface area contributed by atoms with Gasteiger partial charge in [0.25, 0.3) is 5.69 Å². The summed E-state index contributed by atoms with van der Waals surface area (Å²) >= 11 is 0. The van der Waals surface area contributed by atoms with Crippen LogP contribution in [0.1, 0.15) is 18.9 Å². The third-order valence-corrected chi connectivity index (χ3v) is 4.35. The van der Waals surface area contributed by atoms with E-state index in [0.29, 0.717) is 45.1 Å². The lowest BCUT2D eigenvalue weighted by molar-refractivity contribution is -0.384. The van der Waals surface area contributed by atoms with Crippen LogP contribution in [-0.2, 0) is 19.0 Å². The van der Waals surface area contributed by atoms with Crippen LogP contribution in [-0.4, -0.2) is 62.3 Å². The largest absolute Gasteiger partial charge is 0.378 e. The first-order valence-electron chi connectivity index (χ1n) is 8.68. The molecule has 0 saturated carbocycles. The number of morpholine rings is 1. The maximum Gasteiger partial charge on any atom is 0.270 e. The van der Waals surface area contributed by atoms with Crippen molar-refractivity contribution < 1.29 is 23.9 Å². The fourth-order valence-electron chi connectivity index (χ4n) is 3.01. The quantitative estimate of drug-likeness (QED) is 0.447. The van der Waals surface area contributed by atoms with Gasteiger partial charge in [-0.1, -0.05) is 0 Å². The number of carbonyl (C=O) groups is 1. The molecule has 1 amide bonds. The lowest BCUT2D eigenvalue weighted by Gasteiger charge is -2.29. The van der Waals surface area contributed by atoms with Gasteiger partial charge in [0.1, 0.15) is 0 Å². The number of amides is 1. The fraction of sp³-hybridized carbons (Fsp3) is 0.529. The van der Waals surface area contributed by atoms with E-state index in [0.717, 1.165) is 5.69 Å².